The van der Waals surface area contributed by atoms with Crippen LogP contribution in [0.3, 0.4) is 0 Å². The van der Waals surface area contributed by atoms with E-state index in [1.54, 1.807) is 0 Å². The summed E-state index contributed by atoms with van der Waals surface area (Å²) >= 11 is 3.61. The highest BCUT2D eigenvalue weighted by Crippen LogP contribution is 2.37. The Hall–Kier alpha value is -0.740. The molecule has 104 valence electrons. The highest BCUT2D eigenvalue weighted by Gasteiger charge is 2.20. The lowest BCUT2D eigenvalue weighted by atomic mass is 9.87. The maximum absolute atomic E-state index is 5.43. The second-order valence-corrected chi connectivity index (χ2v) is 6.50. The van der Waals surface area contributed by atoms with E-state index in [2.05, 4.69) is 34.2 Å². The maximum atomic E-state index is 5.43. The molecule has 2 atom stereocenters. The second kappa shape index (κ2) is 5.71. The van der Waals surface area contributed by atoms with Gasteiger partial charge in [0.25, 0.3) is 0 Å². The summed E-state index contributed by atoms with van der Waals surface area (Å²) in [4.78, 5) is 0. The zero-order valence-corrected chi connectivity index (χ0v) is 12.8. The van der Waals surface area contributed by atoms with E-state index in [0.29, 0.717) is 12.8 Å². The van der Waals surface area contributed by atoms with E-state index in [0.717, 1.165) is 28.4 Å². The molecular formula is C15H20BrNO2. The van der Waals surface area contributed by atoms with Crippen LogP contribution in [0.25, 0.3) is 0 Å². The summed E-state index contributed by atoms with van der Waals surface area (Å²) < 4.78 is 11.9. The van der Waals surface area contributed by atoms with Gasteiger partial charge in [-0.2, -0.15) is 0 Å². The molecule has 0 saturated heterocycles. The molecule has 1 aromatic carbocycles. The summed E-state index contributed by atoms with van der Waals surface area (Å²) in [6, 6.07) is 4.73. The molecule has 0 aromatic heterocycles. The van der Waals surface area contributed by atoms with Crippen LogP contribution in [0.1, 0.15) is 38.2 Å². The molecule has 1 N–H and O–H groups in total. The van der Waals surface area contributed by atoms with Crippen LogP contribution in [-0.2, 0) is 6.54 Å². The van der Waals surface area contributed by atoms with Crippen LogP contribution in [0.5, 0.6) is 11.5 Å². The van der Waals surface area contributed by atoms with Crippen molar-refractivity contribution in [1.82, 2.24) is 5.32 Å². The molecule has 0 radical (unpaired) electrons. The number of fused-ring (bicyclic) bond motifs is 1. The average Bonchev–Trinajstić information content (AvgIpc) is 2.83. The molecule has 3 rings (SSSR count). The molecule has 1 saturated carbocycles. The molecular weight excluding hydrogens is 306 g/mol. The third-order valence-corrected chi connectivity index (χ3v) is 4.80. The first kappa shape index (κ1) is 13.3. The Labute approximate surface area is 122 Å². The van der Waals surface area contributed by atoms with E-state index in [-0.39, 0.29) is 0 Å². The highest BCUT2D eigenvalue weighted by atomic mass is 79.9. The average molecular weight is 326 g/mol. The SMILES string of the molecule is CC1CCCC(NCc2cc3c(cc2Br)OCO3)C1. The number of nitrogens with one attached hydrogen (secondary N) is 1. The molecule has 19 heavy (non-hydrogen) atoms. The molecule has 1 aromatic rings. The lowest BCUT2D eigenvalue weighted by Gasteiger charge is -2.27. The van der Waals surface area contributed by atoms with Crippen LogP contribution in [0.2, 0.25) is 0 Å². The van der Waals surface area contributed by atoms with Crippen LogP contribution < -0.4 is 14.8 Å². The van der Waals surface area contributed by atoms with Crippen molar-refractivity contribution in [3.05, 3.63) is 22.2 Å². The van der Waals surface area contributed by atoms with Gasteiger partial charge in [-0.15, -0.1) is 0 Å². The summed E-state index contributed by atoms with van der Waals surface area (Å²) in [5.74, 6) is 2.55. The van der Waals surface area contributed by atoms with Crippen molar-refractivity contribution < 1.29 is 9.47 Å². The molecule has 1 aliphatic carbocycles. The maximum Gasteiger partial charge on any atom is 0.231 e. The number of rotatable bonds is 3. The molecule has 3 nitrogen and oxygen atoms in total. The number of ether oxygens (including phenoxy) is 2. The molecule has 4 heteroatoms. The number of benzene rings is 1. The van der Waals surface area contributed by atoms with Gasteiger partial charge in [0.1, 0.15) is 0 Å². The first-order chi connectivity index (χ1) is 9.22. The number of hydrogen-bond acceptors (Lipinski definition) is 3. The number of halogens is 1. The van der Waals surface area contributed by atoms with Gasteiger partial charge >= 0.3 is 0 Å². The first-order valence-electron chi connectivity index (χ1n) is 7.04. The normalized spacial score (nSPS) is 25.6. The lowest BCUT2D eigenvalue weighted by molar-refractivity contribution is 0.174. The third-order valence-electron chi connectivity index (χ3n) is 4.06. The Morgan fingerprint density at radius 3 is 2.84 bits per heavy atom. The molecule has 1 aliphatic heterocycles. The monoisotopic (exact) mass is 325 g/mol. The quantitative estimate of drug-likeness (QED) is 0.915. The minimum absolute atomic E-state index is 0.332. The third kappa shape index (κ3) is 3.06. The van der Waals surface area contributed by atoms with Gasteiger partial charge in [0.2, 0.25) is 6.79 Å². The summed E-state index contributed by atoms with van der Waals surface area (Å²) in [7, 11) is 0. The van der Waals surface area contributed by atoms with Crippen molar-refractivity contribution in [1.29, 1.82) is 0 Å². The van der Waals surface area contributed by atoms with Crippen LogP contribution in [0.4, 0.5) is 0 Å². The van der Waals surface area contributed by atoms with E-state index in [4.69, 9.17) is 9.47 Å². The van der Waals surface area contributed by atoms with Crippen LogP contribution in [0, 0.1) is 5.92 Å². The fraction of sp³-hybridized carbons (Fsp3) is 0.600. The van der Waals surface area contributed by atoms with Crippen molar-refractivity contribution in [2.24, 2.45) is 5.92 Å². The van der Waals surface area contributed by atoms with Gasteiger partial charge in [0.05, 0.1) is 0 Å². The number of hydrogen-bond donors (Lipinski definition) is 1. The highest BCUT2D eigenvalue weighted by molar-refractivity contribution is 9.10. The predicted octanol–water partition coefficient (Wildman–Crippen LogP) is 3.85. The van der Waals surface area contributed by atoms with E-state index in [1.807, 2.05) is 6.07 Å². The van der Waals surface area contributed by atoms with E-state index in [1.165, 1.54) is 31.2 Å². The summed E-state index contributed by atoms with van der Waals surface area (Å²) in [6.07, 6.45) is 5.32. The fourth-order valence-electron chi connectivity index (χ4n) is 2.97. The smallest absolute Gasteiger partial charge is 0.231 e. The Morgan fingerprint density at radius 2 is 2.05 bits per heavy atom. The Kier molecular flexibility index (Phi) is 3.99. The van der Waals surface area contributed by atoms with E-state index >= 15 is 0 Å². The standard InChI is InChI=1S/C15H20BrNO2/c1-10-3-2-4-12(5-10)17-8-11-6-14-15(7-13(11)16)19-9-18-14/h6-7,10,12,17H,2-5,8-9H2,1H3. The summed E-state index contributed by atoms with van der Waals surface area (Å²) in [5, 5.41) is 3.67. The van der Waals surface area contributed by atoms with Crippen LogP contribution in [0.15, 0.2) is 16.6 Å². The molecule has 0 spiro atoms. The molecule has 1 fully saturated rings. The van der Waals surface area contributed by atoms with Gasteiger partial charge in [-0.3, -0.25) is 0 Å². The van der Waals surface area contributed by atoms with E-state index in [9.17, 15) is 0 Å². The van der Waals surface area contributed by atoms with Crippen molar-refractivity contribution in [2.45, 2.75) is 45.2 Å². The van der Waals surface area contributed by atoms with Gasteiger partial charge in [-0.1, -0.05) is 35.7 Å². The van der Waals surface area contributed by atoms with Gasteiger partial charge < -0.3 is 14.8 Å². The molecule has 0 bridgehead atoms. The summed E-state index contributed by atoms with van der Waals surface area (Å²) in [6.45, 7) is 3.57. The lowest BCUT2D eigenvalue weighted by Crippen LogP contribution is -2.33. The predicted molar refractivity (Wildman–Crippen MR) is 78.5 cm³/mol. The van der Waals surface area contributed by atoms with Crippen LogP contribution >= 0.6 is 15.9 Å². The van der Waals surface area contributed by atoms with Gasteiger partial charge in [-0.25, -0.2) is 0 Å². The van der Waals surface area contributed by atoms with Crippen molar-refractivity contribution >= 4 is 15.9 Å². The van der Waals surface area contributed by atoms with Gasteiger partial charge in [-0.05, 0) is 36.5 Å². The fourth-order valence-corrected chi connectivity index (χ4v) is 3.43. The molecule has 0 amide bonds. The summed E-state index contributed by atoms with van der Waals surface area (Å²) in [5.41, 5.74) is 1.24. The minimum Gasteiger partial charge on any atom is -0.454 e. The first-order valence-corrected chi connectivity index (χ1v) is 7.83. The zero-order valence-electron chi connectivity index (χ0n) is 11.2. The second-order valence-electron chi connectivity index (χ2n) is 5.65. The molecule has 2 unspecified atom stereocenters. The Bertz CT molecular complexity index is 464. The van der Waals surface area contributed by atoms with Crippen molar-refractivity contribution in [3.63, 3.8) is 0 Å². The molecule has 2 aliphatic rings. The minimum atomic E-state index is 0.332. The van der Waals surface area contributed by atoms with Crippen LogP contribution in [-0.4, -0.2) is 12.8 Å². The van der Waals surface area contributed by atoms with Crippen molar-refractivity contribution in [3.8, 4) is 11.5 Å². The van der Waals surface area contributed by atoms with E-state index < -0.39 is 0 Å². The van der Waals surface area contributed by atoms with Gasteiger partial charge in [0.15, 0.2) is 11.5 Å². The zero-order chi connectivity index (χ0) is 13.2. The Morgan fingerprint density at radius 1 is 1.26 bits per heavy atom. The largest absolute Gasteiger partial charge is 0.454 e. The van der Waals surface area contributed by atoms with Gasteiger partial charge in [0, 0.05) is 17.1 Å². The molecule has 1 heterocycles. The topological polar surface area (TPSA) is 30.5 Å². The van der Waals surface area contributed by atoms with Crippen molar-refractivity contribution in [2.75, 3.05) is 6.79 Å². The Balaban J connectivity index is 1.63.